The molecule has 0 unspecified atom stereocenters. The van der Waals surface area contributed by atoms with Crippen LogP contribution in [0, 0.1) is 0 Å². The number of halogens is 26. The first-order chi connectivity index (χ1) is 31.4. The van der Waals surface area contributed by atoms with Gasteiger partial charge in [0.25, 0.3) is 11.8 Å². The smallest absolute Gasteiger partial charge is 0.460 e. The molecule has 0 heterocycles. The van der Waals surface area contributed by atoms with Crippen LogP contribution in [-0.2, 0) is 0 Å². The minimum Gasteiger partial charge on any atom is -0.494 e. The zero-order valence-corrected chi connectivity index (χ0v) is 34.6. The van der Waals surface area contributed by atoms with E-state index in [1.54, 1.807) is 0 Å². The van der Waals surface area contributed by atoms with Crippen LogP contribution in [0.4, 0.5) is 114 Å². The van der Waals surface area contributed by atoms with Crippen molar-refractivity contribution in [3.05, 3.63) is 59.7 Å². The van der Waals surface area contributed by atoms with Crippen LogP contribution >= 0.6 is 0 Å². The Bertz CT molecular complexity index is 1880. The van der Waals surface area contributed by atoms with E-state index in [0.29, 0.717) is 0 Å². The third-order valence-electron chi connectivity index (χ3n) is 9.83. The predicted octanol–water partition coefficient (Wildman–Crippen LogP) is 13.9. The van der Waals surface area contributed by atoms with E-state index in [0.717, 1.165) is 0 Å². The molecule has 0 aliphatic heterocycles. The number of rotatable bonds is 26. The Balaban J connectivity index is 1.75. The Morgan fingerprint density at radius 3 is 0.829 bits per heavy atom. The molecule has 2 amide bonds. The molecule has 0 aliphatic rings. The third-order valence-corrected chi connectivity index (χ3v) is 9.83. The zero-order valence-electron chi connectivity index (χ0n) is 34.6. The van der Waals surface area contributed by atoms with E-state index in [9.17, 15) is 124 Å². The van der Waals surface area contributed by atoms with Gasteiger partial charge >= 0.3 is 71.6 Å². The third kappa shape index (κ3) is 12.4. The van der Waals surface area contributed by atoms with E-state index < -0.39 is 122 Å². The van der Waals surface area contributed by atoms with Crippen LogP contribution in [0.25, 0.3) is 0 Å². The first-order valence-electron chi connectivity index (χ1n) is 19.4. The van der Waals surface area contributed by atoms with E-state index in [-0.39, 0.29) is 61.5 Å². The number of ether oxygens (including phenoxy) is 2. The highest BCUT2D eigenvalue weighted by Crippen LogP contribution is 2.62. The maximum atomic E-state index is 13.9. The van der Waals surface area contributed by atoms with Crippen molar-refractivity contribution < 1.29 is 133 Å². The summed E-state index contributed by atoms with van der Waals surface area (Å²) in [6, 6.07) is 9.56. The minimum absolute atomic E-state index is 0.0530. The van der Waals surface area contributed by atoms with E-state index in [1.807, 2.05) is 0 Å². The lowest BCUT2D eigenvalue weighted by Gasteiger charge is -2.39. The second kappa shape index (κ2) is 21.5. The van der Waals surface area contributed by atoms with Crippen molar-refractivity contribution in [1.29, 1.82) is 0 Å². The fourth-order valence-corrected chi connectivity index (χ4v) is 5.57. The van der Waals surface area contributed by atoms with E-state index in [1.165, 1.54) is 48.5 Å². The summed E-state index contributed by atoms with van der Waals surface area (Å²) in [5.74, 6) is -76.0. The number of carbonyl (C=O) groups is 2. The number of carbonyl (C=O) groups excluding carboxylic acids is 2. The lowest BCUT2D eigenvalue weighted by Crippen LogP contribution is -2.70. The van der Waals surface area contributed by atoms with E-state index in [2.05, 4.69) is 10.9 Å². The predicted molar refractivity (Wildman–Crippen MR) is 187 cm³/mol. The molecular formula is C38H34F26N2O4. The molecule has 0 radical (unpaired) electrons. The Labute approximate surface area is 376 Å². The van der Waals surface area contributed by atoms with Crippen LogP contribution in [0.15, 0.2) is 48.5 Å². The SMILES string of the molecule is O=C(NNC(=O)c1ccc(OCCCCCCC(F)(F)C(F)(F)C(F)(F)C(F)(F)C(F)(F)C(F)(F)F)cc1)c1ccc(OCCCCCCC(F)(F)C(F)(F)C(F)(F)C(F)(F)C(F)(F)C(F)(F)F)cc1. The lowest BCUT2D eigenvalue weighted by atomic mass is 9.91. The number of alkyl halides is 26. The second-order valence-electron chi connectivity index (χ2n) is 15.0. The van der Waals surface area contributed by atoms with Gasteiger partial charge in [-0.25, -0.2) is 0 Å². The maximum absolute atomic E-state index is 13.9. The van der Waals surface area contributed by atoms with Gasteiger partial charge in [0.2, 0.25) is 0 Å². The average molecular weight is 1080 g/mol. The molecule has 32 heteroatoms. The zero-order chi connectivity index (χ0) is 54.4. The number of amides is 2. The van der Waals surface area contributed by atoms with Crippen molar-refractivity contribution in [2.45, 2.75) is 136 Å². The first kappa shape index (κ1) is 61.3. The number of unbranched alkanes of at least 4 members (excludes halogenated alkanes) is 6. The minimum atomic E-state index is -7.98. The molecule has 402 valence electrons. The van der Waals surface area contributed by atoms with Crippen molar-refractivity contribution in [3.8, 4) is 11.5 Å². The average Bonchev–Trinajstić information content (AvgIpc) is 3.23. The Kier molecular flexibility index (Phi) is 18.8. The van der Waals surface area contributed by atoms with Gasteiger partial charge in [-0.3, -0.25) is 20.4 Å². The van der Waals surface area contributed by atoms with Gasteiger partial charge in [0, 0.05) is 24.0 Å². The number of nitrogens with one attached hydrogen (secondary N) is 2. The molecule has 2 aromatic rings. The normalized spacial score (nSPS) is 14.4. The summed E-state index contributed by atoms with van der Waals surface area (Å²) in [4.78, 5) is 24.9. The summed E-state index contributed by atoms with van der Waals surface area (Å²) >= 11 is 0. The number of hydrazine groups is 1. The van der Waals surface area contributed by atoms with Crippen LogP contribution < -0.4 is 20.3 Å². The topological polar surface area (TPSA) is 76.7 Å². The standard InChI is InChI=1S/C38H34F26N2O4/c39-27(40,29(43,44)31(47,48)33(51,52)35(55,56)37(59,60)61)17-5-1-3-7-19-69-23-13-9-21(10-14-23)25(67)65-66-26(68)22-11-15-24(16-12-22)70-20-8-4-2-6-18-28(41,42)30(45,46)32(49,50)34(53,54)36(57,58)38(62,63)64/h9-16H,1-8,17-20H2,(H,65,67)(H,66,68). The molecule has 2 rings (SSSR count). The summed E-state index contributed by atoms with van der Waals surface area (Å²) in [5, 5.41) is 0. The Morgan fingerprint density at radius 2 is 0.571 bits per heavy atom. The van der Waals surface area contributed by atoms with Gasteiger partial charge in [-0.2, -0.15) is 114 Å². The van der Waals surface area contributed by atoms with Crippen molar-refractivity contribution in [2.24, 2.45) is 0 Å². The van der Waals surface area contributed by atoms with Crippen molar-refractivity contribution >= 4 is 11.8 Å². The molecule has 6 nitrogen and oxygen atoms in total. The summed E-state index contributed by atoms with van der Waals surface area (Å²) < 4.78 is 354. The Hall–Kier alpha value is -4.84. The van der Waals surface area contributed by atoms with Crippen molar-refractivity contribution in [2.75, 3.05) is 13.2 Å². The molecule has 0 aromatic heterocycles. The lowest BCUT2D eigenvalue weighted by molar-refractivity contribution is -0.440. The fraction of sp³-hybridized carbons (Fsp3) is 0.632. The van der Waals surface area contributed by atoms with Crippen LogP contribution in [0.3, 0.4) is 0 Å². The van der Waals surface area contributed by atoms with Crippen molar-refractivity contribution in [1.82, 2.24) is 10.9 Å². The fourth-order valence-electron chi connectivity index (χ4n) is 5.57. The highest BCUT2D eigenvalue weighted by molar-refractivity contribution is 5.99. The largest absolute Gasteiger partial charge is 0.494 e. The monoisotopic (exact) mass is 1080 g/mol. The van der Waals surface area contributed by atoms with Gasteiger partial charge in [-0.1, -0.05) is 25.7 Å². The first-order valence-corrected chi connectivity index (χ1v) is 19.4. The molecule has 0 atom stereocenters. The van der Waals surface area contributed by atoms with E-state index >= 15 is 0 Å². The molecule has 0 saturated heterocycles. The van der Waals surface area contributed by atoms with Crippen molar-refractivity contribution in [3.63, 3.8) is 0 Å². The molecule has 0 spiro atoms. The molecule has 0 aliphatic carbocycles. The molecule has 0 bridgehead atoms. The van der Waals surface area contributed by atoms with Gasteiger partial charge in [0.1, 0.15) is 11.5 Å². The van der Waals surface area contributed by atoms with E-state index in [4.69, 9.17) is 9.47 Å². The quantitative estimate of drug-likeness (QED) is 0.0559. The molecule has 70 heavy (non-hydrogen) atoms. The molecule has 0 saturated carbocycles. The molecule has 2 aromatic carbocycles. The summed E-state index contributed by atoms with van der Waals surface area (Å²) in [5.41, 5.74) is 3.95. The number of hydrogen-bond acceptors (Lipinski definition) is 4. The van der Waals surface area contributed by atoms with Gasteiger partial charge < -0.3 is 9.47 Å². The highest BCUT2D eigenvalue weighted by atomic mass is 19.4. The molecule has 2 N–H and O–H groups in total. The van der Waals surface area contributed by atoms with Gasteiger partial charge in [-0.05, 0) is 74.2 Å². The highest BCUT2D eigenvalue weighted by Gasteiger charge is 2.92. The van der Waals surface area contributed by atoms with Crippen LogP contribution in [0.1, 0.15) is 84.9 Å². The van der Waals surface area contributed by atoms with Crippen LogP contribution in [-0.4, -0.2) is 96.6 Å². The number of benzene rings is 2. The van der Waals surface area contributed by atoms with Crippen LogP contribution in [0.2, 0.25) is 0 Å². The number of hydrogen-bond donors (Lipinski definition) is 2. The van der Waals surface area contributed by atoms with Gasteiger partial charge in [0.15, 0.2) is 0 Å². The maximum Gasteiger partial charge on any atom is 0.460 e. The second-order valence-corrected chi connectivity index (χ2v) is 15.0. The summed E-state index contributed by atoms with van der Waals surface area (Å²) in [7, 11) is 0. The summed E-state index contributed by atoms with van der Waals surface area (Å²) in [6.07, 6.45) is -23.3. The van der Waals surface area contributed by atoms with Crippen LogP contribution in [0.5, 0.6) is 11.5 Å². The van der Waals surface area contributed by atoms with Gasteiger partial charge in [-0.15, -0.1) is 0 Å². The summed E-state index contributed by atoms with van der Waals surface area (Å²) in [6.45, 7) is -0.459. The molecular weight excluding hydrogens is 1040 g/mol. The molecule has 0 fully saturated rings. The Morgan fingerprint density at radius 1 is 0.329 bits per heavy atom. The van der Waals surface area contributed by atoms with Gasteiger partial charge in [0.05, 0.1) is 13.2 Å².